The summed E-state index contributed by atoms with van der Waals surface area (Å²) in [5.41, 5.74) is 7.56. The maximum atomic E-state index is 6.46. The first kappa shape index (κ1) is 26.9. The molecule has 0 fully saturated rings. The normalized spacial score (nSPS) is 11.4. The summed E-state index contributed by atoms with van der Waals surface area (Å²) in [6, 6.07) is 53.6. The first-order chi connectivity index (χ1) is 23.3. The van der Waals surface area contributed by atoms with E-state index in [0.717, 1.165) is 66.0 Å². The highest BCUT2D eigenvalue weighted by atomic mass is 16.3. The van der Waals surface area contributed by atoms with Crippen molar-refractivity contribution in [3.63, 3.8) is 0 Å². The molecule has 2 heterocycles. The Morgan fingerprint density at radius 3 is 1.55 bits per heavy atom. The van der Waals surface area contributed by atoms with Crippen LogP contribution in [0.5, 0.6) is 0 Å². The lowest BCUT2D eigenvalue weighted by molar-refractivity contribution is 0.623. The van der Waals surface area contributed by atoms with E-state index in [1.165, 1.54) is 0 Å². The third kappa shape index (κ3) is 4.91. The van der Waals surface area contributed by atoms with Gasteiger partial charge in [0.1, 0.15) is 5.52 Å². The fourth-order valence-corrected chi connectivity index (χ4v) is 6.18. The van der Waals surface area contributed by atoms with Gasteiger partial charge in [-0.25, -0.2) is 19.9 Å². The summed E-state index contributed by atoms with van der Waals surface area (Å²) in [4.78, 5) is 19.6. The number of fused-ring (bicyclic) bond motifs is 5. The van der Waals surface area contributed by atoms with Crippen molar-refractivity contribution in [1.29, 1.82) is 0 Å². The van der Waals surface area contributed by atoms with E-state index in [4.69, 9.17) is 24.4 Å². The van der Waals surface area contributed by atoms with Crippen LogP contribution in [0.2, 0.25) is 0 Å². The second-order valence-corrected chi connectivity index (χ2v) is 11.5. The van der Waals surface area contributed by atoms with Crippen LogP contribution in [-0.2, 0) is 0 Å². The molecule has 0 aliphatic carbocycles. The quantitative estimate of drug-likeness (QED) is 0.183. The minimum absolute atomic E-state index is 0.621. The van der Waals surface area contributed by atoms with Crippen molar-refractivity contribution in [1.82, 2.24) is 19.9 Å². The minimum Gasteiger partial charge on any atom is -0.435 e. The van der Waals surface area contributed by atoms with Gasteiger partial charge >= 0.3 is 0 Å². The van der Waals surface area contributed by atoms with Gasteiger partial charge in [-0.2, -0.15) is 0 Å². The lowest BCUT2D eigenvalue weighted by atomic mass is 9.96. The molecule has 0 aliphatic rings. The zero-order valence-corrected chi connectivity index (χ0v) is 25.2. The Balaban J connectivity index is 1.19. The van der Waals surface area contributed by atoms with E-state index >= 15 is 0 Å². The van der Waals surface area contributed by atoms with E-state index < -0.39 is 0 Å². The molecule has 0 atom stereocenters. The van der Waals surface area contributed by atoms with Gasteiger partial charge in [0.2, 0.25) is 5.89 Å². The first-order valence-electron chi connectivity index (χ1n) is 15.6. The summed E-state index contributed by atoms with van der Waals surface area (Å²) < 4.78 is 6.46. The fraction of sp³-hybridized carbons (Fsp3) is 0. The van der Waals surface area contributed by atoms with Gasteiger partial charge in [-0.3, -0.25) is 0 Å². The molecule has 0 aliphatic heterocycles. The zero-order valence-electron chi connectivity index (χ0n) is 25.2. The number of rotatable bonds is 5. The molecule has 5 heteroatoms. The van der Waals surface area contributed by atoms with E-state index in [0.29, 0.717) is 23.4 Å². The summed E-state index contributed by atoms with van der Waals surface area (Å²) in [6.45, 7) is 0. The van der Waals surface area contributed by atoms with Gasteiger partial charge in [0.05, 0.1) is 0 Å². The second kappa shape index (κ2) is 11.2. The van der Waals surface area contributed by atoms with E-state index in [1.54, 1.807) is 0 Å². The zero-order chi connectivity index (χ0) is 31.2. The van der Waals surface area contributed by atoms with E-state index in [2.05, 4.69) is 60.7 Å². The third-order valence-electron chi connectivity index (χ3n) is 8.53. The van der Waals surface area contributed by atoms with Crippen LogP contribution in [0.15, 0.2) is 162 Å². The molecule has 0 N–H and O–H groups in total. The van der Waals surface area contributed by atoms with E-state index in [1.807, 2.05) is 97.1 Å². The van der Waals surface area contributed by atoms with Crippen LogP contribution in [0.3, 0.4) is 0 Å². The molecule has 7 aromatic carbocycles. The molecule has 0 amide bonds. The van der Waals surface area contributed by atoms with Gasteiger partial charge < -0.3 is 4.42 Å². The molecule has 220 valence electrons. The highest BCUT2D eigenvalue weighted by Gasteiger charge is 2.16. The first-order valence-corrected chi connectivity index (χ1v) is 15.6. The highest BCUT2D eigenvalue weighted by molar-refractivity contribution is 6.18. The maximum Gasteiger partial charge on any atom is 0.227 e. The molecule has 0 unspecified atom stereocenters. The molecule has 0 saturated carbocycles. The molecule has 9 aromatic rings. The Bertz CT molecular complexity index is 2500. The van der Waals surface area contributed by atoms with Gasteiger partial charge in [0.25, 0.3) is 0 Å². The van der Waals surface area contributed by atoms with Crippen molar-refractivity contribution < 1.29 is 4.42 Å². The summed E-state index contributed by atoms with van der Waals surface area (Å²) in [5.74, 6) is 2.53. The lowest BCUT2D eigenvalue weighted by Gasteiger charge is -2.11. The standard InChI is InChI=1S/C42H26N4O/c1-4-11-29(12-5-1)39-44-40(30-13-6-2-7-14-30)46-41(45-39)34-18-10-17-32(25-34)33-22-20-27-19-21-28-23-24-36-38(37(28)35(27)26-33)47-42(43-36)31-15-8-3-9-16-31/h1-26H. The predicted molar refractivity (Wildman–Crippen MR) is 190 cm³/mol. The molecule has 0 saturated heterocycles. The molecular weight excluding hydrogens is 576 g/mol. The van der Waals surface area contributed by atoms with Gasteiger partial charge in [0, 0.05) is 27.6 Å². The van der Waals surface area contributed by atoms with Crippen LogP contribution in [0, 0.1) is 0 Å². The molecular formula is C42H26N4O. The topological polar surface area (TPSA) is 64.7 Å². The summed E-state index contributed by atoms with van der Waals surface area (Å²) >= 11 is 0. The number of hydrogen-bond acceptors (Lipinski definition) is 5. The third-order valence-corrected chi connectivity index (χ3v) is 8.53. The molecule has 47 heavy (non-hydrogen) atoms. The Morgan fingerprint density at radius 1 is 0.362 bits per heavy atom. The van der Waals surface area contributed by atoms with Crippen LogP contribution in [0.1, 0.15) is 0 Å². The van der Waals surface area contributed by atoms with Crippen molar-refractivity contribution in [3.05, 3.63) is 158 Å². The van der Waals surface area contributed by atoms with Crippen LogP contribution in [0.25, 0.3) is 89.4 Å². The van der Waals surface area contributed by atoms with Crippen molar-refractivity contribution >= 4 is 32.6 Å². The number of aromatic nitrogens is 4. The van der Waals surface area contributed by atoms with Crippen molar-refractivity contribution in [2.45, 2.75) is 0 Å². The molecule has 9 rings (SSSR count). The van der Waals surface area contributed by atoms with Gasteiger partial charge in [-0.1, -0.05) is 127 Å². The second-order valence-electron chi connectivity index (χ2n) is 11.5. The van der Waals surface area contributed by atoms with Crippen LogP contribution < -0.4 is 0 Å². The van der Waals surface area contributed by atoms with Crippen molar-refractivity contribution in [3.8, 4) is 56.7 Å². The Labute approximate surface area is 270 Å². The van der Waals surface area contributed by atoms with E-state index in [-0.39, 0.29) is 0 Å². The van der Waals surface area contributed by atoms with Crippen molar-refractivity contribution in [2.75, 3.05) is 0 Å². The molecule has 2 aromatic heterocycles. The molecule has 5 nitrogen and oxygen atoms in total. The Hall–Kier alpha value is -6.46. The number of oxazole rings is 1. The Kier molecular flexibility index (Phi) is 6.39. The maximum absolute atomic E-state index is 6.46. The summed E-state index contributed by atoms with van der Waals surface area (Å²) in [5, 5.41) is 4.42. The van der Waals surface area contributed by atoms with Crippen molar-refractivity contribution in [2.24, 2.45) is 0 Å². The number of benzene rings is 7. The van der Waals surface area contributed by atoms with Crippen LogP contribution >= 0.6 is 0 Å². The molecule has 0 radical (unpaired) electrons. The van der Waals surface area contributed by atoms with E-state index in [9.17, 15) is 0 Å². The fourth-order valence-electron chi connectivity index (χ4n) is 6.18. The van der Waals surface area contributed by atoms with Gasteiger partial charge in [-0.15, -0.1) is 0 Å². The van der Waals surface area contributed by atoms with Gasteiger partial charge in [-0.05, 0) is 57.6 Å². The minimum atomic E-state index is 0.621. The number of hydrogen-bond donors (Lipinski definition) is 0. The lowest BCUT2D eigenvalue weighted by Crippen LogP contribution is -2.00. The summed E-state index contributed by atoms with van der Waals surface area (Å²) in [7, 11) is 0. The number of nitrogens with zero attached hydrogens (tertiary/aromatic N) is 4. The highest BCUT2D eigenvalue weighted by Crippen LogP contribution is 2.37. The van der Waals surface area contributed by atoms with Crippen LogP contribution in [-0.4, -0.2) is 19.9 Å². The van der Waals surface area contributed by atoms with Crippen LogP contribution in [0.4, 0.5) is 0 Å². The summed E-state index contributed by atoms with van der Waals surface area (Å²) in [6.07, 6.45) is 0. The Morgan fingerprint density at radius 2 is 0.872 bits per heavy atom. The van der Waals surface area contributed by atoms with Gasteiger partial charge in [0.15, 0.2) is 23.1 Å². The molecule has 0 bridgehead atoms. The average Bonchev–Trinajstić information content (AvgIpc) is 3.60. The smallest absolute Gasteiger partial charge is 0.227 e. The largest absolute Gasteiger partial charge is 0.435 e. The predicted octanol–water partition coefficient (Wildman–Crippen LogP) is 10.7. The SMILES string of the molecule is c1ccc(-c2nc(-c3ccccc3)nc(-c3cccc(-c4ccc5ccc6ccc7nc(-c8ccccc8)oc7c6c5c4)c3)n2)cc1. The monoisotopic (exact) mass is 602 g/mol. The average molecular weight is 603 g/mol. The molecule has 0 spiro atoms.